The average molecular weight is 227 g/mol. The zero-order valence-electron chi connectivity index (χ0n) is 8.94. The lowest BCUT2D eigenvalue weighted by Crippen LogP contribution is -2.54. The molecular formula is C10H15ClN4. The third kappa shape index (κ3) is 2.38. The first-order chi connectivity index (χ1) is 7.16. The lowest BCUT2D eigenvalue weighted by atomic mass is 10.1. The highest BCUT2D eigenvalue weighted by Gasteiger charge is 2.23. The highest BCUT2D eigenvalue weighted by Crippen LogP contribution is 2.17. The smallest absolute Gasteiger partial charge is 0.151 e. The van der Waals surface area contributed by atoms with E-state index < -0.39 is 0 Å². The van der Waals surface area contributed by atoms with Crippen LogP contribution in [0.5, 0.6) is 0 Å². The molecule has 1 aliphatic heterocycles. The summed E-state index contributed by atoms with van der Waals surface area (Å²) in [5.74, 6) is 0.903. The van der Waals surface area contributed by atoms with E-state index in [9.17, 15) is 0 Å². The fourth-order valence-corrected chi connectivity index (χ4v) is 1.90. The van der Waals surface area contributed by atoms with Crippen molar-refractivity contribution >= 4 is 17.4 Å². The van der Waals surface area contributed by atoms with E-state index in [1.54, 1.807) is 6.07 Å². The Morgan fingerprint density at radius 3 is 2.87 bits per heavy atom. The highest BCUT2D eigenvalue weighted by atomic mass is 35.5. The second kappa shape index (κ2) is 4.33. The van der Waals surface area contributed by atoms with E-state index in [1.165, 1.54) is 0 Å². The minimum absolute atomic E-state index is 0.439. The molecule has 0 aliphatic carbocycles. The molecule has 0 amide bonds. The van der Waals surface area contributed by atoms with Crippen LogP contribution in [-0.2, 0) is 0 Å². The van der Waals surface area contributed by atoms with E-state index in [2.05, 4.69) is 34.3 Å². The first kappa shape index (κ1) is 10.6. The number of hydrogen-bond acceptors (Lipinski definition) is 4. The van der Waals surface area contributed by atoms with Gasteiger partial charge in [0.25, 0.3) is 0 Å². The summed E-state index contributed by atoms with van der Waals surface area (Å²) in [4.78, 5) is 2.25. The maximum absolute atomic E-state index is 5.71. The van der Waals surface area contributed by atoms with Gasteiger partial charge in [0.1, 0.15) is 0 Å². The van der Waals surface area contributed by atoms with E-state index in [1.807, 2.05) is 6.07 Å². The molecule has 0 aromatic carbocycles. The molecule has 1 aliphatic rings. The van der Waals surface area contributed by atoms with Gasteiger partial charge in [0.15, 0.2) is 11.0 Å². The van der Waals surface area contributed by atoms with E-state index in [-0.39, 0.29) is 0 Å². The second-order valence-corrected chi connectivity index (χ2v) is 4.41. The number of aromatic nitrogens is 2. The Hall–Kier alpha value is -0.870. The third-order valence-electron chi connectivity index (χ3n) is 2.68. The molecule has 82 valence electrons. The number of nitrogens with zero attached hydrogens (tertiary/aromatic N) is 3. The molecule has 1 aromatic rings. The Morgan fingerprint density at radius 2 is 2.20 bits per heavy atom. The number of piperazine rings is 1. The van der Waals surface area contributed by atoms with Gasteiger partial charge >= 0.3 is 0 Å². The maximum atomic E-state index is 5.71. The second-order valence-electron chi connectivity index (χ2n) is 4.02. The zero-order valence-corrected chi connectivity index (χ0v) is 9.70. The van der Waals surface area contributed by atoms with Crippen LogP contribution < -0.4 is 10.2 Å². The SMILES string of the molecule is CC1CN(c2ccc(Cl)nn2)C(C)CN1. The molecule has 0 spiro atoms. The summed E-state index contributed by atoms with van der Waals surface area (Å²) in [6, 6.07) is 4.63. The Bertz CT molecular complexity index is 327. The lowest BCUT2D eigenvalue weighted by Gasteiger charge is -2.38. The predicted molar refractivity (Wildman–Crippen MR) is 61.3 cm³/mol. The maximum Gasteiger partial charge on any atom is 0.151 e. The summed E-state index contributed by atoms with van der Waals surface area (Å²) in [7, 11) is 0. The van der Waals surface area contributed by atoms with Crippen molar-refractivity contribution in [3.8, 4) is 0 Å². The summed E-state index contributed by atoms with van der Waals surface area (Å²) in [6.45, 7) is 6.28. The van der Waals surface area contributed by atoms with Gasteiger partial charge in [0, 0.05) is 25.2 Å². The quantitative estimate of drug-likeness (QED) is 0.784. The predicted octanol–water partition coefficient (Wildman–Crippen LogP) is 1.32. The molecule has 5 heteroatoms. The van der Waals surface area contributed by atoms with E-state index in [0.29, 0.717) is 17.2 Å². The minimum atomic E-state index is 0.439. The van der Waals surface area contributed by atoms with Crippen molar-refractivity contribution in [1.82, 2.24) is 15.5 Å². The van der Waals surface area contributed by atoms with Crippen molar-refractivity contribution in [2.45, 2.75) is 25.9 Å². The molecule has 2 atom stereocenters. The van der Waals surface area contributed by atoms with Crippen LogP contribution in [0.15, 0.2) is 12.1 Å². The molecule has 0 bridgehead atoms. The first-order valence-corrected chi connectivity index (χ1v) is 5.54. The van der Waals surface area contributed by atoms with Gasteiger partial charge < -0.3 is 10.2 Å². The van der Waals surface area contributed by atoms with Gasteiger partial charge in [-0.1, -0.05) is 11.6 Å². The van der Waals surface area contributed by atoms with Crippen molar-refractivity contribution < 1.29 is 0 Å². The summed E-state index contributed by atoms with van der Waals surface area (Å²) >= 11 is 5.71. The number of hydrogen-bond donors (Lipinski definition) is 1. The Labute approximate surface area is 94.6 Å². The number of rotatable bonds is 1. The van der Waals surface area contributed by atoms with Gasteiger partial charge in [0.05, 0.1) is 0 Å². The van der Waals surface area contributed by atoms with Crippen LogP contribution in [0.4, 0.5) is 5.82 Å². The largest absolute Gasteiger partial charge is 0.350 e. The third-order valence-corrected chi connectivity index (χ3v) is 2.88. The van der Waals surface area contributed by atoms with Crippen molar-refractivity contribution in [2.75, 3.05) is 18.0 Å². The molecule has 1 fully saturated rings. The van der Waals surface area contributed by atoms with Crippen LogP contribution in [0.1, 0.15) is 13.8 Å². The van der Waals surface area contributed by atoms with Crippen molar-refractivity contribution in [3.05, 3.63) is 17.3 Å². The Kier molecular flexibility index (Phi) is 3.07. The van der Waals surface area contributed by atoms with Crippen molar-refractivity contribution in [1.29, 1.82) is 0 Å². The zero-order chi connectivity index (χ0) is 10.8. The molecule has 1 saturated heterocycles. The van der Waals surface area contributed by atoms with Gasteiger partial charge in [-0.3, -0.25) is 0 Å². The van der Waals surface area contributed by atoms with Gasteiger partial charge in [-0.25, -0.2) is 0 Å². The molecule has 1 N–H and O–H groups in total. The molecule has 4 nitrogen and oxygen atoms in total. The highest BCUT2D eigenvalue weighted by molar-refractivity contribution is 6.29. The lowest BCUT2D eigenvalue weighted by molar-refractivity contribution is 0.421. The number of halogens is 1. The first-order valence-electron chi connectivity index (χ1n) is 5.16. The minimum Gasteiger partial charge on any atom is -0.350 e. The Balaban J connectivity index is 2.17. The molecule has 15 heavy (non-hydrogen) atoms. The summed E-state index contributed by atoms with van der Waals surface area (Å²) in [5, 5.41) is 11.8. The van der Waals surface area contributed by atoms with Gasteiger partial charge in [-0.15, -0.1) is 10.2 Å². The van der Waals surface area contributed by atoms with Crippen LogP contribution >= 0.6 is 11.6 Å². The van der Waals surface area contributed by atoms with E-state index in [4.69, 9.17) is 11.6 Å². The summed E-state index contributed by atoms with van der Waals surface area (Å²) in [5.41, 5.74) is 0. The van der Waals surface area contributed by atoms with E-state index >= 15 is 0 Å². The molecule has 2 heterocycles. The normalized spacial score (nSPS) is 26.7. The van der Waals surface area contributed by atoms with Crippen LogP contribution in [0, 0.1) is 0 Å². The number of nitrogens with one attached hydrogen (secondary N) is 1. The Morgan fingerprint density at radius 1 is 1.40 bits per heavy atom. The fourth-order valence-electron chi connectivity index (χ4n) is 1.80. The molecule has 0 radical (unpaired) electrons. The monoisotopic (exact) mass is 226 g/mol. The standard InChI is InChI=1S/C10H15ClN4/c1-7-6-15(8(2)5-12-7)10-4-3-9(11)13-14-10/h3-4,7-8,12H,5-6H2,1-2H3. The summed E-state index contributed by atoms with van der Waals surface area (Å²) in [6.07, 6.45) is 0. The van der Waals surface area contributed by atoms with Gasteiger partial charge in [-0.2, -0.15) is 0 Å². The molecular weight excluding hydrogens is 212 g/mol. The molecule has 1 aromatic heterocycles. The van der Waals surface area contributed by atoms with Crippen LogP contribution in [0.25, 0.3) is 0 Å². The molecule has 0 saturated carbocycles. The molecule has 2 unspecified atom stereocenters. The van der Waals surface area contributed by atoms with Crippen LogP contribution in [0.2, 0.25) is 5.15 Å². The summed E-state index contributed by atoms with van der Waals surface area (Å²) < 4.78 is 0. The fraction of sp³-hybridized carbons (Fsp3) is 0.600. The van der Waals surface area contributed by atoms with Crippen LogP contribution in [0.3, 0.4) is 0 Å². The molecule has 2 rings (SSSR count). The van der Waals surface area contributed by atoms with Gasteiger partial charge in [-0.05, 0) is 26.0 Å². The van der Waals surface area contributed by atoms with Crippen molar-refractivity contribution in [3.63, 3.8) is 0 Å². The van der Waals surface area contributed by atoms with Crippen LogP contribution in [-0.4, -0.2) is 35.4 Å². The van der Waals surface area contributed by atoms with E-state index in [0.717, 1.165) is 18.9 Å². The topological polar surface area (TPSA) is 41.1 Å². The number of anilines is 1. The van der Waals surface area contributed by atoms with Gasteiger partial charge in [0.2, 0.25) is 0 Å². The average Bonchev–Trinajstić information content (AvgIpc) is 2.23. The van der Waals surface area contributed by atoms with Crippen molar-refractivity contribution in [2.24, 2.45) is 0 Å².